The molecule has 0 aliphatic carbocycles. The van der Waals surface area contributed by atoms with Crippen LogP contribution in [0, 0.1) is 0 Å². The number of ether oxygens (including phenoxy) is 2. The van der Waals surface area contributed by atoms with Crippen molar-refractivity contribution in [3.05, 3.63) is 49.1 Å². The van der Waals surface area contributed by atoms with E-state index in [-0.39, 0.29) is 6.42 Å². The molecule has 0 aromatic heterocycles. The minimum Gasteiger partial charge on any atom is -0.493 e. The van der Waals surface area contributed by atoms with Gasteiger partial charge in [0.25, 0.3) is 0 Å². The Bertz CT molecular complexity index is 626. The van der Waals surface area contributed by atoms with Gasteiger partial charge in [-0.25, -0.2) is 5.43 Å². The van der Waals surface area contributed by atoms with Crippen LogP contribution in [0.4, 0.5) is 0 Å². The zero-order valence-electron chi connectivity index (χ0n) is 13.6. The molecule has 0 atom stereocenters. The summed E-state index contributed by atoms with van der Waals surface area (Å²) in [7, 11) is 1.53. The second kappa shape index (κ2) is 10.6. The fraction of sp³-hybridized carbons (Fsp3) is 0.235. The first-order valence-corrected chi connectivity index (χ1v) is 7.22. The minimum absolute atomic E-state index is 0.303. The summed E-state index contributed by atoms with van der Waals surface area (Å²) in [6.45, 7) is 7.73. The van der Waals surface area contributed by atoms with E-state index in [9.17, 15) is 9.59 Å². The highest BCUT2D eigenvalue weighted by Gasteiger charge is 2.07. The monoisotopic (exact) mass is 331 g/mol. The molecule has 1 rings (SSSR count). The van der Waals surface area contributed by atoms with Gasteiger partial charge in [-0.2, -0.15) is 5.10 Å². The lowest BCUT2D eigenvalue weighted by molar-refractivity contribution is -0.129. The molecule has 0 heterocycles. The maximum Gasteiger partial charge on any atom is 0.249 e. The summed E-state index contributed by atoms with van der Waals surface area (Å²) in [5, 5.41) is 6.31. The zero-order chi connectivity index (χ0) is 17.8. The Labute approximate surface area is 141 Å². The highest BCUT2D eigenvalue weighted by molar-refractivity contribution is 5.97. The molecule has 1 aromatic carbocycles. The molecule has 0 bridgehead atoms. The standard InChI is InChI=1S/C17H21N3O4/c1-4-8-18-16(21)11-17(22)20-19-12-13-6-7-14(24-9-5-2)15(10-13)23-3/h4-7,10,12H,1-2,8-9,11H2,3H3,(H,18,21)(H,20,22)/b19-12-. The second-order valence-electron chi connectivity index (χ2n) is 4.57. The Hall–Kier alpha value is -3.09. The first kappa shape index (κ1) is 19.0. The van der Waals surface area contributed by atoms with Crippen LogP contribution in [0.25, 0.3) is 0 Å². The van der Waals surface area contributed by atoms with E-state index in [1.165, 1.54) is 19.4 Å². The van der Waals surface area contributed by atoms with Gasteiger partial charge in [-0.05, 0) is 23.8 Å². The van der Waals surface area contributed by atoms with Gasteiger partial charge in [-0.15, -0.1) is 6.58 Å². The van der Waals surface area contributed by atoms with E-state index in [1.54, 1.807) is 24.3 Å². The van der Waals surface area contributed by atoms with Crippen LogP contribution in [0.1, 0.15) is 12.0 Å². The largest absolute Gasteiger partial charge is 0.493 e. The topological polar surface area (TPSA) is 89.0 Å². The van der Waals surface area contributed by atoms with Crippen LogP contribution in [0.3, 0.4) is 0 Å². The third-order valence-corrected chi connectivity index (χ3v) is 2.71. The van der Waals surface area contributed by atoms with E-state index in [0.29, 0.717) is 30.2 Å². The van der Waals surface area contributed by atoms with Crippen molar-refractivity contribution >= 4 is 18.0 Å². The lowest BCUT2D eigenvalue weighted by atomic mass is 10.2. The Kier molecular flexibility index (Phi) is 8.38. The molecule has 0 radical (unpaired) electrons. The summed E-state index contributed by atoms with van der Waals surface area (Å²) in [6.07, 6.45) is 4.31. The molecule has 0 spiro atoms. The van der Waals surface area contributed by atoms with Crippen LogP contribution in [-0.4, -0.2) is 38.3 Å². The molecule has 0 unspecified atom stereocenters. The minimum atomic E-state index is -0.509. The molecular weight excluding hydrogens is 310 g/mol. The summed E-state index contributed by atoms with van der Waals surface area (Å²) in [6, 6.07) is 5.20. The van der Waals surface area contributed by atoms with Crippen LogP contribution >= 0.6 is 0 Å². The van der Waals surface area contributed by atoms with Crippen molar-refractivity contribution in [2.24, 2.45) is 5.10 Å². The van der Waals surface area contributed by atoms with Gasteiger partial charge in [0.1, 0.15) is 13.0 Å². The van der Waals surface area contributed by atoms with Gasteiger partial charge < -0.3 is 14.8 Å². The molecule has 7 nitrogen and oxygen atoms in total. The van der Waals surface area contributed by atoms with Crippen molar-refractivity contribution in [1.29, 1.82) is 0 Å². The molecular formula is C17H21N3O4. The van der Waals surface area contributed by atoms with Crippen LogP contribution < -0.4 is 20.2 Å². The predicted molar refractivity (Wildman–Crippen MR) is 92.2 cm³/mol. The summed E-state index contributed by atoms with van der Waals surface area (Å²) < 4.78 is 10.7. The van der Waals surface area contributed by atoms with Crippen LogP contribution in [0.2, 0.25) is 0 Å². The molecule has 0 saturated carbocycles. The first-order valence-electron chi connectivity index (χ1n) is 7.22. The third-order valence-electron chi connectivity index (χ3n) is 2.71. The predicted octanol–water partition coefficient (Wildman–Crippen LogP) is 1.40. The fourth-order valence-electron chi connectivity index (χ4n) is 1.65. The maximum absolute atomic E-state index is 11.5. The number of benzene rings is 1. The molecule has 24 heavy (non-hydrogen) atoms. The maximum atomic E-state index is 11.5. The summed E-state index contributed by atoms with van der Waals surface area (Å²) in [4.78, 5) is 22.9. The summed E-state index contributed by atoms with van der Waals surface area (Å²) >= 11 is 0. The Morgan fingerprint density at radius 3 is 2.67 bits per heavy atom. The average molecular weight is 331 g/mol. The molecule has 128 valence electrons. The number of nitrogens with one attached hydrogen (secondary N) is 2. The number of hydrogen-bond acceptors (Lipinski definition) is 5. The van der Waals surface area contributed by atoms with Gasteiger partial charge in [-0.1, -0.05) is 18.7 Å². The molecule has 0 saturated heterocycles. The third kappa shape index (κ3) is 6.78. The van der Waals surface area contributed by atoms with Crippen molar-refractivity contribution in [2.75, 3.05) is 20.3 Å². The molecule has 2 amide bonds. The highest BCUT2D eigenvalue weighted by Crippen LogP contribution is 2.27. The normalized spacial score (nSPS) is 10.0. The van der Waals surface area contributed by atoms with Gasteiger partial charge in [0.15, 0.2) is 11.5 Å². The molecule has 2 N–H and O–H groups in total. The van der Waals surface area contributed by atoms with Gasteiger partial charge in [0.2, 0.25) is 11.8 Å². The molecule has 1 aromatic rings. The number of nitrogens with zero attached hydrogens (tertiary/aromatic N) is 1. The van der Waals surface area contributed by atoms with Crippen molar-refractivity contribution in [3.8, 4) is 11.5 Å². The lowest BCUT2D eigenvalue weighted by Gasteiger charge is -2.09. The van der Waals surface area contributed by atoms with Crippen LogP contribution in [-0.2, 0) is 9.59 Å². The smallest absolute Gasteiger partial charge is 0.249 e. The molecule has 7 heteroatoms. The van der Waals surface area contributed by atoms with Crippen molar-refractivity contribution < 1.29 is 19.1 Å². The van der Waals surface area contributed by atoms with E-state index < -0.39 is 11.8 Å². The highest BCUT2D eigenvalue weighted by atomic mass is 16.5. The lowest BCUT2D eigenvalue weighted by Crippen LogP contribution is -2.29. The summed E-state index contributed by atoms with van der Waals surface area (Å²) in [5.74, 6) is 0.215. The molecule has 0 fully saturated rings. The number of carbonyl (C=O) groups is 2. The molecule has 0 aliphatic rings. The second-order valence-corrected chi connectivity index (χ2v) is 4.57. The van der Waals surface area contributed by atoms with E-state index in [2.05, 4.69) is 29.0 Å². The Morgan fingerprint density at radius 2 is 2.00 bits per heavy atom. The number of carbonyl (C=O) groups excluding carboxylic acids is 2. The SMILES string of the molecule is C=CCNC(=O)CC(=O)N/N=C\c1ccc(OCC=C)c(OC)c1. The van der Waals surface area contributed by atoms with E-state index in [1.807, 2.05) is 0 Å². The van der Waals surface area contributed by atoms with E-state index in [0.717, 1.165) is 0 Å². The number of hydrazone groups is 1. The van der Waals surface area contributed by atoms with E-state index in [4.69, 9.17) is 9.47 Å². The molecule has 0 aliphatic heterocycles. The zero-order valence-corrected chi connectivity index (χ0v) is 13.6. The number of amides is 2. The van der Waals surface area contributed by atoms with E-state index >= 15 is 0 Å². The number of methoxy groups -OCH3 is 1. The van der Waals surface area contributed by atoms with Crippen molar-refractivity contribution in [1.82, 2.24) is 10.7 Å². The quantitative estimate of drug-likeness (QED) is 0.294. The average Bonchev–Trinajstić information content (AvgIpc) is 2.58. The van der Waals surface area contributed by atoms with Gasteiger partial charge in [0, 0.05) is 6.54 Å². The van der Waals surface area contributed by atoms with Gasteiger partial charge in [-0.3, -0.25) is 9.59 Å². The van der Waals surface area contributed by atoms with Crippen molar-refractivity contribution in [3.63, 3.8) is 0 Å². The van der Waals surface area contributed by atoms with Gasteiger partial charge >= 0.3 is 0 Å². The van der Waals surface area contributed by atoms with Gasteiger partial charge in [0.05, 0.1) is 13.3 Å². The summed E-state index contributed by atoms with van der Waals surface area (Å²) in [5.41, 5.74) is 2.99. The fourth-order valence-corrected chi connectivity index (χ4v) is 1.65. The number of hydrogen-bond donors (Lipinski definition) is 2. The van der Waals surface area contributed by atoms with Crippen LogP contribution in [0.5, 0.6) is 11.5 Å². The number of rotatable bonds is 10. The van der Waals surface area contributed by atoms with Crippen LogP contribution in [0.15, 0.2) is 48.6 Å². The van der Waals surface area contributed by atoms with Crippen molar-refractivity contribution in [2.45, 2.75) is 6.42 Å². The Morgan fingerprint density at radius 1 is 1.21 bits per heavy atom. The Balaban J connectivity index is 2.57. The first-order chi connectivity index (χ1) is 11.6.